The van der Waals surface area contributed by atoms with Crippen LogP contribution in [0.4, 0.5) is 8.78 Å². The van der Waals surface area contributed by atoms with Gasteiger partial charge >= 0.3 is 18.2 Å². The molecule has 1 aromatic heterocycles. The molecule has 3 rings (SSSR count). The van der Waals surface area contributed by atoms with Gasteiger partial charge < -0.3 is 19.0 Å². The first-order chi connectivity index (χ1) is 12.9. The average molecular weight is 376 g/mol. The number of phenols is 1. The molecule has 8 heteroatoms. The summed E-state index contributed by atoms with van der Waals surface area (Å²) in [5.41, 5.74) is 0.0518. The molecule has 0 fully saturated rings. The number of esters is 1. The van der Waals surface area contributed by atoms with E-state index in [0.29, 0.717) is 16.5 Å². The summed E-state index contributed by atoms with van der Waals surface area (Å²) in [4.78, 5) is 24.0. The predicted molar refractivity (Wildman–Crippen MR) is 91.1 cm³/mol. The van der Waals surface area contributed by atoms with Crippen LogP contribution < -0.4 is 10.4 Å². The zero-order valence-corrected chi connectivity index (χ0v) is 14.1. The Bertz CT molecular complexity index is 1060. The molecule has 1 N–H and O–H groups in total. The first-order valence-corrected chi connectivity index (χ1v) is 7.83. The third-order valence-electron chi connectivity index (χ3n) is 3.90. The minimum atomic E-state index is -3.09. The van der Waals surface area contributed by atoms with Crippen molar-refractivity contribution >= 4 is 16.9 Å². The Morgan fingerprint density at radius 2 is 1.96 bits per heavy atom. The molecule has 3 aromatic rings. The van der Waals surface area contributed by atoms with E-state index in [-0.39, 0.29) is 29.3 Å². The molecule has 0 spiro atoms. The number of aromatic hydroxyl groups is 1. The number of benzene rings is 2. The minimum Gasteiger partial charge on any atom is -0.508 e. The number of aryl methyl sites for hydroxylation is 1. The lowest BCUT2D eigenvalue weighted by Gasteiger charge is -2.11. The molecule has 0 saturated heterocycles. The van der Waals surface area contributed by atoms with Crippen molar-refractivity contribution in [2.24, 2.45) is 0 Å². The summed E-state index contributed by atoms with van der Waals surface area (Å²) < 4.78 is 39.5. The topological polar surface area (TPSA) is 86.0 Å². The number of ether oxygens (including phenoxy) is 2. The van der Waals surface area contributed by atoms with Crippen molar-refractivity contribution in [3.05, 3.63) is 69.6 Å². The fraction of sp³-hybridized carbons (Fsp3) is 0.158. The average Bonchev–Trinajstić information content (AvgIpc) is 2.63. The van der Waals surface area contributed by atoms with Crippen LogP contribution in [0.1, 0.15) is 21.5 Å². The van der Waals surface area contributed by atoms with E-state index in [1.807, 2.05) is 0 Å². The first kappa shape index (κ1) is 18.4. The molecule has 0 saturated carbocycles. The van der Waals surface area contributed by atoms with Gasteiger partial charge in [0.1, 0.15) is 29.3 Å². The van der Waals surface area contributed by atoms with E-state index in [2.05, 4.69) is 4.74 Å². The lowest BCUT2D eigenvalue weighted by Crippen LogP contribution is -2.11. The van der Waals surface area contributed by atoms with E-state index in [1.165, 1.54) is 36.4 Å². The maximum Gasteiger partial charge on any atom is 0.387 e. The zero-order valence-electron chi connectivity index (χ0n) is 14.1. The van der Waals surface area contributed by atoms with Crippen molar-refractivity contribution in [3.63, 3.8) is 0 Å². The van der Waals surface area contributed by atoms with Crippen molar-refractivity contribution < 1.29 is 32.6 Å². The summed E-state index contributed by atoms with van der Waals surface area (Å²) in [5.74, 6) is -1.24. The molecule has 0 aliphatic rings. The van der Waals surface area contributed by atoms with Crippen LogP contribution in [-0.4, -0.2) is 17.7 Å². The molecule has 0 aliphatic carbocycles. The van der Waals surface area contributed by atoms with E-state index >= 15 is 0 Å². The van der Waals surface area contributed by atoms with Crippen molar-refractivity contribution in [3.8, 4) is 11.5 Å². The SMILES string of the molecule is Cc1c(O)ccc2c(COC(=O)c3ccccc3OC(F)F)cc(=O)oc12. The van der Waals surface area contributed by atoms with Gasteiger partial charge in [0.05, 0.1) is 0 Å². The second-order valence-corrected chi connectivity index (χ2v) is 5.63. The minimum absolute atomic E-state index is 0.0436. The number of hydrogen-bond acceptors (Lipinski definition) is 6. The van der Waals surface area contributed by atoms with Crippen LogP contribution in [0.2, 0.25) is 0 Å². The van der Waals surface area contributed by atoms with Gasteiger partial charge in [0.2, 0.25) is 0 Å². The van der Waals surface area contributed by atoms with Gasteiger partial charge in [-0.25, -0.2) is 9.59 Å². The molecule has 6 nitrogen and oxygen atoms in total. The zero-order chi connectivity index (χ0) is 19.6. The second-order valence-electron chi connectivity index (χ2n) is 5.63. The van der Waals surface area contributed by atoms with Crippen LogP contribution in [-0.2, 0) is 11.3 Å². The molecule has 0 radical (unpaired) electrons. The predicted octanol–water partition coefficient (Wildman–Crippen LogP) is 3.77. The monoisotopic (exact) mass is 376 g/mol. The molecule has 2 aromatic carbocycles. The third-order valence-corrected chi connectivity index (χ3v) is 3.90. The Hall–Kier alpha value is -3.42. The van der Waals surface area contributed by atoms with Gasteiger partial charge in [0.15, 0.2) is 0 Å². The normalized spacial score (nSPS) is 11.0. The van der Waals surface area contributed by atoms with Gasteiger partial charge in [-0.05, 0) is 31.2 Å². The molecular weight excluding hydrogens is 362 g/mol. The number of alkyl halides is 2. The number of fused-ring (bicyclic) bond motifs is 1. The van der Waals surface area contributed by atoms with Crippen LogP contribution in [0.3, 0.4) is 0 Å². The number of carbonyl (C=O) groups excluding carboxylic acids is 1. The van der Waals surface area contributed by atoms with Crippen molar-refractivity contribution in [1.82, 2.24) is 0 Å². The van der Waals surface area contributed by atoms with E-state index in [9.17, 15) is 23.5 Å². The van der Waals surface area contributed by atoms with Crippen LogP contribution in [0.25, 0.3) is 11.0 Å². The summed E-state index contributed by atoms with van der Waals surface area (Å²) in [6.45, 7) is -1.81. The molecule has 0 aliphatic heterocycles. The van der Waals surface area contributed by atoms with Gasteiger partial charge in [-0.1, -0.05) is 12.1 Å². The Balaban J connectivity index is 1.89. The molecular formula is C19H14F2O6. The number of phenolic OH excluding ortho intramolecular Hbond substituents is 1. The van der Waals surface area contributed by atoms with Crippen molar-refractivity contribution in [2.75, 3.05) is 0 Å². The van der Waals surface area contributed by atoms with Crippen molar-refractivity contribution in [2.45, 2.75) is 20.1 Å². The fourth-order valence-corrected chi connectivity index (χ4v) is 2.59. The molecule has 0 bridgehead atoms. The van der Waals surface area contributed by atoms with Gasteiger partial charge in [0, 0.05) is 22.6 Å². The lowest BCUT2D eigenvalue weighted by molar-refractivity contribution is -0.0504. The summed E-state index contributed by atoms with van der Waals surface area (Å²) in [7, 11) is 0. The number of rotatable bonds is 5. The smallest absolute Gasteiger partial charge is 0.387 e. The van der Waals surface area contributed by atoms with Crippen LogP contribution in [0.15, 0.2) is 51.7 Å². The number of para-hydroxylation sites is 1. The molecule has 0 unspecified atom stereocenters. The number of carbonyl (C=O) groups is 1. The van der Waals surface area contributed by atoms with E-state index in [1.54, 1.807) is 6.92 Å². The van der Waals surface area contributed by atoms with E-state index < -0.39 is 18.2 Å². The molecule has 1 heterocycles. The highest BCUT2D eigenvalue weighted by Gasteiger charge is 2.18. The number of halogens is 2. The summed E-state index contributed by atoms with van der Waals surface area (Å²) in [6, 6.07) is 9.55. The maximum atomic E-state index is 12.5. The Morgan fingerprint density at radius 1 is 1.22 bits per heavy atom. The standard InChI is InChI=1S/C19H14F2O6/c1-10-14(22)7-6-12-11(8-16(23)27-17(10)12)9-25-18(24)13-4-2-3-5-15(13)26-19(20)21/h2-8,19,22H,9H2,1H3. The quantitative estimate of drug-likeness (QED) is 0.539. The molecule has 140 valence electrons. The lowest BCUT2D eigenvalue weighted by atomic mass is 10.1. The van der Waals surface area contributed by atoms with Crippen LogP contribution in [0.5, 0.6) is 11.5 Å². The maximum absolute atomic E-state index is 12.5. The van der Waals surface area contributed by atoms with Crippen molar-refractivity contribution in [1.29, 1.82) is 0 Å². The fourth-order valence-electron chi connectivity index (χ4n) is 2.59. The largest absolute Gasteiger partial charge is 0.508 e. The summed E-state index contributed by atoms with van der Waals surface area (Å²) in [5, 5.41) is 10.2. The highest BCUT2D eigenvalue weighted by molar-refractivity contribution is 5.92. The molecule has 0 amide bonds. The number of hydrogen-bond donors (Lipinski definition) is 1. The summed E-state index contributed by atoms with van der Waals surface area (Å²) in [6.07, 6.45) is 0. The van der Waals surface area contributed by atoms with Crippen LogP contribution in [0, 0.1) is 6.92 Å². The van der Waals surface area contributed by atoms with Crippen LogP contribution >= 0.6 is 0 Å². The van der Waals surface area contributed by atoms with Gasteiger partial charge in [0.25, 0.3) is 0 Å². The Morgan fingerprint density at radius 3 is 2.70 bits per heavy atom. The van der Waals surface area contributed by atoms with E-state index in [0.717, 1.165) is 6.07 Å². The van der Waals surface area contributed by atoms with E-state index in [4.69, 9.17) is 9.15 Å². The molecule has 27 heavy (non-hydrogen) atoms. The highest BCUT2D eigenvalue weighted by atomic mass is 19.3. The van der Waals surface area contributed by atoms with Gasteiger partial charge in [-0.3, -0.25) is 0 Å². The molecule has 0 atom stereocenters. The first-order valence-electron chi connectivity index (χ1n) is 7.83. The third kappa shape index (κ3) is 3.89. The van der Waals surface area contributed by atoms with Gasteiger partial charge in [-0.2, -0.15) is 8.78 Å². The Kier molecular flexibility index (Phi) is 5.07. The summed E-state index contributed by atoms with van der Waals surface area (Å²) >= 11 is 0. The second kappa shape index (κ2) is 7.45. The Labute approximate surface area is 151 Å². The highest BCUT2D eigenvalue weighted by Crippen LogP contribution is 2.28. The van der Waals surface area contributed by atoms with Gasteiger partial charge in [-0.15, -0.1) is 0 Å².